The average Bonchev–Trinajstić information content (AvgIpc) is 2.37. The van der Waals surface area contributed by atoms with Crippen LogP contribution in [0.4, 0.5) is 0 Å². The van der Waals surface area contributed by atoms with E-state index in [0.29, 0.717) is 19.4 Å². The summed E-state index contributed by atoms with van der Waals surface area (Å²) in [5, 5.41) is 3.34. The molecule has 0 unspecified atom stereocenters. The fraction of sp³-hybridized carbons (Fsp3) is 1.00. The number of hydrogen-bond donors (Lipinski definition) is 1. The van der Waals surface area contributed by atoms with Crippen molar-refractivity contribution in [3.05, 3.63) is 0 Å². The largest absolute Gasteiger partial charge is 0.330 e. The first-order chi connectivity index (χ1) is 8.70. The summed E-state index contributed by atoms with van der Waals surface area (Å²) in [6, 6.07) is 0. The van der Waals surface area contributed by atoms with E-state index in [1.54, 1.807) is 0 Å². The van der Waals surface area contributed by atoms with E-state index in [0.717, 1.165) is 45.6 Å². The maximum Gasteiger partial charge on any atom is 0.330 e. The van der Waals surface area contributed by atoms with E-state index in [1.807, 2.05) is 13.8 Å². The normalized spacial score (nSPS) is 18.1. The number of nitrogens with one attached hydrogen (secondary N) is 1. The highest BCUT2D eigenvalue weighted by molar-refractivity contribution is 7.53. The first kappa shape index (κ1) is 16.1. The van der Waals surface area contributed by atoms with Crippen LogP contribution in [0.2, 0.25) is 0 Å². The second-order valence-corrected chi connectivity index (χ2v) is 6.65. The molecule has 18 heavy (non-hydrogen) atoms. The van der Waals surface area contributed by atoms with Crippen LogP contribution < -0.4 is 5.32 Å². The number of nitrogens with zero attached hydrogens (tertiary/aromatic N) is 1. The lowest BCUT2D eigenvalue weighted by Gasteiger charge is -2.27. The predicted molar refractivity (Wildman–Crippen MR) is 74.3 cm³/mol. The quantitative estimate of drug-likeness (QED) is 0.516. The zero-order valence-corrected chi connectivity index (χ0v) is 12.6. The Morgan fingerprint density at radius 3 is 2.28 bits per heavy atom. The Kier molecular flexibility index (Phi) is 8.11. The van der Waals surface area contributed by atoms with Gasteiger partial charge in [-0.15, -0.1) is 0 Å². The van der Waals surface area contributed by atoms with Crippen LogP contribution in [-0.4, -0.2) is 57.0 Å². The van der Waals surface area contributed by atoms with Crippen LogP contribution >= 0.6 is 7.60 Å². The van der Waals surface area contributed by atoms with Crippen LogP contribution in [0.3, 0.4) is 0 Å². The van der Waals surface area contributed by atoms with Crippen LogP contribution in [0.15, 0.2) is 0 Å². The van der Waals surface area contributed by atoms with Crippen molar-refractivity contribution in [1.82, 2.24) is 10.2 Å². The van der Waals surface area contributed by atoms with Crippen molar-refractivity contribution in [3.63, 3.8) is 0 Å². The molecule has 1 aliphatic rings. The number of unbranched alkanes of at least 4 members (excludes halogenated alkanes) is 1. The van der Waals surface area contributed by atoms with Crippen molar-refractivity contribution in [1.29, 1.82) is 0 Å². The van der Waals surface area contributed by atoms with Gasteiger partial charge in [-0.2, -0.15) is 0 Å². The third-order valence-corrected chi connectivity index (χ3v) is 5.18. The van der Waals surface area contributed by atoms with Gasteiger partial charge < -0.3 is 19.3 Å². The van der Waals surface area contributed by atoms with Crippen molar-refractivity contribution < 1.29 is 13.6 Å². The molecule has 0 aromatic carbocycles. The molecule has 0 atom stereocenters. The van der Waals surface area contributed by atoms with Gasteiger partial charge in [-0.25, -0.2) is 0 Å². The average molecular weight is 278 g/mol. The zero-order chi connectivity index (χ0) is 13.3. The summed E-state index contributed by atoms with van der Waals surface area (Å²) in [5.74, 6) is 0. The van der Waals surface area contributed by atoms with Gasteiger partial charge >= 0.3 is 7.60 Å². The summed E-state index contributed by atoms with van der Waals surface area (Å²) in [4.78, 5) is 2.45. The first-order valence-electron chi connectivity index (χ1n) is 7.01. The lowest BCUT2D eigenvalue weighted by atomic mass is 10.3. The minimum Gasteiger partial charge on any atom is -0.314 e. The van der Waals surface area contributed by atoms with Crippen molar-refractivity contribution in [2.45, 2.75) is 26.7 Å². The van der Waals surface area contributed by atoms with E-state index >= 15 is 0 Å². The Bertz CT molecular complexity index is 248. The van der Waals surface area contributed by atoms with E-state index in [1.165, 1.54) is 0 Å². The highest BCUT2D eigenvalue weighted by Crippen LogP contribution is 2.48. The molecule has 0 saturated carbocycles. The number of hydrogen-bond acceptors (Lipinski definition) is 5. The molecular formula is C12H27N2O3P. The van der Waals surface area contributed by atoms with Gasteiger partial charge in [0.15, 0.2) is 0 Å². The lowest BCUT2D eigenvalue weighted by molar-refractivity contribution is 0.216. The van der Waals surface area contributed by atoms with Gasteiger partial charge in [0, 0.05) is 26.2 Å². The van der Waals surface area contributed by atoms with Crippen LogP contribution in [0, 0.1) is 0 Å². The molecule has 0 bridgehead atoms. The molecule has 0 aliphatic carbocycles. The maximum atomic E-state index is 12.2. The van der Waals surface area contributed by atoms with Crippen LogP contribution in [0.5, 0.6) is 0 Å². The summed E-state index contributed by atoms with van der Waals surface area (Å²) in [7, 11) is -2.82. The Balaban J connectivity index is 2.15. The smallest absolute Gasteiger partial charge is 0.314 e. The van der Waals surface area contributed by atoms with E-state index < -0.39 is 7.60 Å². The molecule has 108 valence electrons. The molecule has 6 heteroatoms. The van der Waals surface area contributed by atoms with Gasteiger partial charge in [0.2, 0.25) is 0 Å². The maximum absolute atomic E-state index is 12.2. The van der Waals surface area contributed by atoms with Crippen molar-refractivity contribution in [2.24, 2.45) is 0 Å². The van der Waals surface area contributed by atoms with Crippen LogP contribution in [0.25, 0.3) is 0 Å². The van der Waals surface area contributed by atoms with Crippen molar-refractivity contribution >= 4 is 7.60 Å². The topological polar surface area (TPSA) is 50.8 Å². The molecule has 0 aromatic rings. The minimum absolute atomic E-state index is 0.453. The fourth-order valence-electron chi connectivity index (χ4n) is 2.14. The summed E-state index contributed by atoms with van der Waals surface area (Å²) < 4.78 is 22.7. The number of piperazine rings is 1. The molecule has 0 aromatic heterocycles. The Hall–Kier alpha value is 0.0700. The van der Waals surface area contributed by atoms with Gasteiger partial charge in [-0.1, -0.05) is 0 Å². The van der Waals surface area contributed by atoms with Gasteiger partial charge in [0.25, 0.3) is 0 Å². The van der Waals surface area contributed by atoms with E-state index in [-0.39, 0.29) is 0 Å². The van der Waals surface area contributed by atoms with Crippen molar-refractivity contribution in [2.75, 3.05) is 52.1 Å². The third-order valence-electron chi connectivity index (χ3n) is 3.02. The molecule has 1 rings (SSSR count). The molecule has 0 amide bonds. The number of rotatable bonds is 9. The Morgan fingerprint density at radius 1 is 1.11 bits per heavy atom. The fourth-order valence-corrected chi connectivity index (χ4v) is 3.87. The Labute approximate surface area is 111 Å². The van der Waals surface area contributed by atoms with E-state index in [9.17, 15) is 4.57 Å². The summed E-state index contributed by atoms with van der Waals surface area (Å²) in [5.41, 5.74) is 0. The first-order valence-corrected chi connectivity index (χ1v) is 8.74. The predicted octanol–water partition coefficient (Wildman–Crippen LogP) is 1.94. The SMILES string of the molecule is CCOP(=O)(CCCCN1CCNCC1)OCC. The standard InChI is InChI=1S/C12H27N2O3P/c1-3-16-18(15,17-4-2)12-6-5-9-14-10-7-13-8-11-14/h13H,3-12H2,1-2H3. The lowest BCUT2D eigenvalue weighted by Crippen LogP contribution is -2.43. The molecule has 1 saturated heterocycles. The molecular weight excluding hydrogens is 251 g/mol. The monoisotopic (exact) mass is 278 g/mol. The molecule has 1 aliphatic heterocycles. The zero-order valence-electron chi connectivity index (χ0n) is 11.7. The third kappa shape index (κ3) is 6.30. The molecule has 1 heterocycles. The van der Waals surface area contributed by atoms with Gasteiger partial charge in [-0.05, 0) is 33.2 Å². The van der Waals surface area contributed by atoms with Crippen LogP contribution in [-0.2, 0) is 13.6 Å². The molecule has 5 nitrogen and oxygen atoms in total. The summed E-state index contributed by atoms with van der Waals surface area (Å²) in [6.07, 6.45) is 2.51. The molecule has 1 fully saturated rings. The second-order valence-electron chi connectivity index (χ2n) is 4.47. The van der Waals surface area contributed by atoms with E-state index in [2.05, 4.69) is 10.2 Å². The van der Waals surface area contributed by atoms with E-state index in [4.69, 9.17) is 9.05 Å². The minimum atomic E-state index is -2.82. The summed E-state index contributed by atoms with van der Waals surface area (Å²) >= 11 is 0. The highest BCUT2D eigenvalue weighted by Gasteiger charge is 2.22. The van der Waals surface area contributed by atoms with Gasteiger partial charge in [0.05, 0.1) is 19.4 Å². The molecule has 0 radical (unpaired) electrons. The van der Waals surface area contributed by atoms with Crippen molar-refractivity contribution in [3.8, 4) is 0 Å². The second kappa shape index (κ2) is 9.05. The van der Waals surface area contributed by atoms with Gasteiger partial charge in [-0.3, -0.25) is 4.57 Å². The van der Waals surface area contributed by atoms with Gasteiger partial charge in [0.1, 0.15) is 0 Å². The molecule has 0 spiro atoms. The highest BCUT2D eigenvalue weighted by atomic mass is 31.2. The summed E-state index contributed by atoms with van der Waals surface area (Å²) in [6.45, 7) is 10.1. The Morgan fingerprint density at radius 2 is 1.72 bits per heavy atom. The van der Waals surface area contributed by atoms with Crippen LogP contribution in [0.1, 0.15) is 26.7 Å². The molecule has 1 N–H and O–H groups in total.